The number of aliphatic hydroxyl groups excluding tert-OH is 1. The molecule has 1 atom stereocenters. The van der Waals surface area contributed by atoms with Crippen molar-refractivity contribution in [3.8, 4) is 11.1 Å². The number of carbonyl (C=O) groups excluding carboxylic acids is 1. The lowest BCUT2D eigenvalue weighted by Crippen LogP contribution is -2.43. The molecule has 3 N–H and O–H groups in total. The molecule has 1 aliphatic carbocycles. The summed E-state index contributed by atoms with van der Waals surface area (Å²) >= 11 is 0. The zero-order valence-electron chi connectivity index (χ0n) is 21.5. The highest BCUT2D eigenvalue weighted by Gasteiger charge is 2.25. The third-order valence-corrected chi connectivity index (χ3v) is 7.42. The number of nitrogens with zero attached hydrogens (tertiary/aromatic N) is 2. The number of pyridine rings is 1. The Bertz CT molecular complexity index is 1380. The second-order valence-electron chi connectivity index (χ2n) is 10.6. The minimum Gasteiger partial charge on any atom is -0.396 e. The average molecular weight is 507 g/mol. The van der Waals surface area contributed by atoms with Gasteiger partial charge in [0.25, 0.3) is 11.5 Å². The van der Waals surface area contributed by atoms with Gasteiger partial charge < -0.3 is 20.3 Å². The second-order valence-corrected chi connectivity index (χ2v) is 10.6. The van der Waals surface area contributed by atoms with Crippen molar-refractivity contribution in [2.45, 2.75) is 45.8 Å². The van der Waals surface area contributed by atoms with E-state index < -0.39 is 5.82 Å². The first-order valence-corrected chi connectivity index (χ1v) is 13.2. The molecule has 8 heteroatoms. The Morgan fingerprint density at radius 1 is 1.19 bits per heavy atom. The number of amides is 1. The number of nitrogens with one attached hydrogen (secondary N) is 2. The number of carbonyl (C=O) groups is 1. The van der Waals surface area contributed by atoms with Crippen molar-refractivity contribution in [2.75, 3.05) is 32.8 Å². The van der Waals surface area contributed by atoms with Crippen LogP contribution in [0.2, 0.25) is 0 Å². The van der Waals surface area contributed by atoms with Gasteiger partial charge in [-0.25, -0.2) is 4.39 Å². The number of piperazine rings is 1. The van der Waals surface area contributed by atoms with Crippen LogP contribution in [0.25, 0.3) is 21.9 Å². The van der Waals surface area contributed by atoms with Crippen LogP contribution in [0.15, 0.2) is 41.3 Å². The Morgan fingerprint density at radius 2 is 1.95 bits per heavy atom. The van der Waals surface area contributed by atoms with Gasteiger partial charge in [-0.15, -0.1) is 0 Å². The first-order chi connectivity index (χ1) is 17.8. The monoisotopic (exact) mass is 506 g/mol. The second kappa shape index (κ2) is 10.7. The molecular formula is C29H35FN4O3. The van der Waals surface area contributed by atoms with Gasteiger partial charge in [-0.05, 0) is 77.6 Å². The van der Waals surface area contributed by atoms with E-state index in [0.29, 0.717) is 35.2 Å². The summed E-state index contributed by atoms with van der Waals surface area (Å²) in [6, 6.07) is 8.83. The molecule has 196 valence electrons. The molecular weight excluding hydrogens is 471 g/mol. The smallest absolute Gasteiger partial charge is 0.258 e. The first kappa shape index (κ1) is 25.6. The molecule has 37 heavy (non-hydrogen) atoms. The van der Waals surface area contributed by atoms with Gasteiger partial charge in [0.2, 0.25) is 0 Å². The van der Waals surface area contributed by atoms with E-state index in [0.717, 1.165) is 55.5 Å². The van der Waals surface area contributed by atoms with Gasteiger partial charge in [0, 0.05) is 69.1 Å². The van der Waals surface area contributed by atoms with Gasteiger partial charge in [0.1, 0.15) is 5.82 Å². The van der Waals surface area contributed by atoms with E-state index >= 15 is 0 Å². The van der Waals surface area contributed by atoms with Gasteiger partial charge in [0.05, 0.1) is 0 Å². The molecule has 1 aromatic heterocycles. The van der Waals surface area contributed by atoms with Crippen molar-refractivity contribution < 1.29 is 14.3 Å². The third-order valence-electron chi connectivity index (χ3n) is 7.42. The predicted octanol–water partition coefficient (Wildman–Crippen LogP) is 3.04. The van der Waals surface area contributed by atoms with Crippen molar-refractivity contribution in [2.24, 2.45) is 5.92 Å². The minimum absolute atomic E-state index is 0.00600. The van der Waals surface area contributed by atoms with Crippen LogP contribution >= 0.6 is 0 Å². The van der Waals surface area contributed by atoms with Crippen LogP contribution in [0, 0.1) is 18.7 Å². The topological polar surface area (TPSA) is 86.6 Å². The Balaban J connectivity index is 1.60. The Hall–Kier alpha value is -3.07. The van der Waals surface area contributed by atoms with Crippen LogP contribution in [0.3, 0.4) is 0 Å². The highest BCUT2D eigenvalue weighted by atomic mass is 19.1. The molecule has 3 aromatic rings. The molecule has 0 radical (unpaired) electrons. The number of aliphatic hydroxyl groups is 1. The normalized spacial score (nSPS) is 17.2. The number of halogens is 1. The largest absolute Gasteiger partial charge is 0.396 e. The maximum Gasteiger partial charge on any atom is 0.258 e. The third kappa shape index (κ3) is 5.61. The maximum absolute atomic E-state index is 14.9. The Labute approximate surface area is 216 Å². The van der Waals surface area contributed by atoms with E-state index in [9.17, 15) is 19.1 Å². The molecule has 2 heterocycles. The summed E-state index contributed by atoms with van der Waals surface area (Å²) < 4.78 is 16.6. The van der Waals surface area contributed by atoms with Gasteiger partial charge in [-0.2, -0.15) is 0 Å². The summed E-state index contributed by atoms with van der Waals surface area (Å²) in [5.74, 6) is -0.728. The van der Waals surface area contributed by atoms with E-state index in [-0.39, 0.29) is 30.0 Å². The molecule has 1 saturated carbocycles. The van der Waals surface area contributed by atoms with Gasteiger partial charge in [-0.1, -0.05) is 13.0 Å². The fourth-order valence-electron chi connectivity index (χ4n) is 5.01. The number of hydrogen-bond donors (Lipinski definition) is 3. The van der Waals surface area contributed by atoms with Crippen molar-refractivity contribution in [1.29, 1.82) is 0 Å². The molecule has 0 unspecified atom stereocenters. The summed E-state index contributed by atoms with van der Waals surface area (Å²) in [6.07, 6.45) is 3.83. The fraction of sp³-hybridized carbons (Fsp3) is 0.448. The van der Waals surface area contributed by atoms with Crippen LogP contribution in [0.5, 0.6) is 0 Å². The predicted molar refractivity (Wildman–Crippen MR) is 143 cm³/mol. The van der Waals surface area contributed by atoms with Crippen molar-refractivity contribution in [1.82, 2.24) is 20.1 Å². The summed E-state index contributed by atoms with van der Waals surface area (Å²) in [4.78, 5) is 28.4. The maximum atomic E-state index is 14.9. The van der Waals surface area contributed by atoms with Gasteiger partial charge >= 0.3 is 0 Å². The van der Waals surface area contributed by atoms with Crippen LogP contribution in [-0.4, -0.2) is 59.3 Å². The molecule has 5 rings (SSSR count). The summed E-state index contributed by atoms with van der Waals surface area (Å²) in [7, 11) is 0. The van der Waals surface area contributed by atoms with Crippen LogP contribution in [-0.2, 0) is 13.1 Å². The number of benzene rings is 2. The van der Waals surface area contributed by atoms with Crippen LogP contribution in [0.4, 0.5) is 4.39 Å². The Kier molecular flexibility index (Phi) is 7.42. The van der Waals surface area contributed by atoms with E-state index in [1.807, 2.05) is 31.3 Å². The lowest BCUT2D eigenvalue weighted by molar-refractivity contribution is 0.0950. The molecule has 0 bridgehead atoms. The molecule has 2 fully saturated rings. The Morgan fingerprint density at radius 3 is 2.65 bits per heavy atom. The lowest BCUT2D eigenvalue weighted by atomic mass is 9.94. The van der Waals surface area contributed by atoms with Crippen molar-refractivity contribution >= 4 is 16.7 Å². The van der Waals surface area contributed by atoms with Crippen LogP contribution in [0.1, 0.15) is 41.3 Å². The lowest BCUT2D eigenvalue weighted by Gasteiger charge is -2.28. The number of fused-ring (bicyclic) bond motifs is 1. The zero-order chi connectivity index (χ0) is 26.1. The highest BCUT2D eigenvalue weighted by Crippen LogP contribution is 2.31. The van der Waals surface area contributed by atoms with Crippen molar-refractivity contribution in [3.05, 3.63) is 69.4 Å². The molecule has 2 aliphatic rings. The van der Waals surface area contributed by atoms with Crippen molar-refractivity contribution in [3.63, 3.8) is 0 Å². The highest BCUT2D eigenvalue weighted by molar-refractivity contribution is 5.97. The molecule has 1 amide bonds. The molecule has 2 aromatic carbocycles. The molecule has 0 spiro atoms. The van der Waals surface area contributed by atoms with Gasteiger partial charge in [-0.3, -0.25) is 14.5 Å². The molecule has 1 saturated heterocycles. The molecule has 7 nitrogen and oxygen atoms in total. The number of aromatic nitrogens is 1. The van der Waals surface area contributed by atoms with E-state index in [2.05, 4.69) is 15.5 Å². The number of hydrogen-bond acceptors (Lipinski definition) is 5. The fourth-order valence-corrected chi connectivity index (χ4v) is 5.01. The minimum atomic E-state index is -0.423. The number of rotatable bonds is 8. The summed E-state index contributed by atoms with van der Waals surface area (Å²) in [6.45, 7) is 8.41. The quantitative estimate of drug-likeness (QED) is 0.437. The summed E-state index contributed by atoms with van der Waals surface area (Å²) in [5.41, 5.74) is 3.10. The van der Waals surface area contributed by atoms with E-state index in [1.165, 1.54) is 6.07 Å². The van der Waals surface area contributed by atoms with E-state index in [4.69, 9.17) is 0 Å². The van der Waals surface area contributed by atoms with E-state index in [1.54, 1.807) is 17.6 Å². The van der Waals surface area contributed by atoms with Gasteiger partial charge in [0.15, 0.2) is 0 Å². The standard InChI is InChI=1S/C29H35FN4O3/c1-18(17-35)14-34-16-22(15-33-9-7-31-8-10-33)26-11-20(3-6-24(26)29(34)37)25-12-21(13-27(30)19(25)2)28(36)32-23-4-5-23/h3,6,11-13,16,18,23,31,35H,4-5,7-10,14-15,17H2,1-2H3,(H,32,36)/t18-/m1/s1. The zero-order valence-corrected chi connectivity index (χ0v) is 21.5. The average Bonchev–Trinajstić information content (AvgIpc) is 3.72. The summed E-state index contributed by atoms with van der Waals surface area (Å²) in [5, 5.41) is 17.3. The van der Waals surface area contributed by atoms with Crippen LogP contribution < -0.4 is 16.2 Å². The first-order valence-electron chi connectivity index (χ1n) is 13.2. The SMILES string of the molecule is Cc1c(F)cc(C(=O)NC2CC2)cc1-c1ccc2c(=O)n(C[C@@H](C)CO)cc(CN3CCNCC3)c2c1. The molecule has 1 aliphatic heterocycles.